The van der Waals surface area contributed by atoms with Crippen molar-refractivity contribution < 1.29 is 14.3 Å². The van der Waals surface area contributed by atoms with Crippen LogP contribution in [-0.4, -0.2) is 71.5 Å². The number of carbonyl (C=O) groups excluding carboxylic acids is 2. The highest BCUT2D eigenvalue weighted by Gasteiger charge is 2.31. The number of ether oxygens (including phenoxy) is 1. The van der Waals surface area contributed by atoms with Gasteiger partial charge in [0.1, 0.15) is 11.9 Å². The van der Waals surface area contributed by atoms with Crippen molar-refractivity contribution in [2.24, 2.45) is 5.92 Å². The lowest BCUT2D eigenvalue weighted by Crippen LogP contribution is -2.47. The number of nitrogen functional groups attached to an aromatic ring is 1. The van der Waals surface area contributed by atoms with Crippen LogP contribution in [0.2, 0.25) is 0 Å². The van der Waals surface area contributed by atoms with Gasteiger partial charge < -0.3 is 26.0 Å². The van der Waals surface area contributed by atoms with Crippen molar-refractivity contribution >= 4 is 44.9 Å². The lowest BCUT2D eigenvalue weighted by Gasteiger charge is -2.37. The molecule has 9 nitrogen and oxygen atoms in total. The molecule has 5 rings (SSSR count). The van der Waals surface area contributed by atoms with Crippen LogP contribution < -0.4 is 16.4 Å². The van der Waals surface area contributed by atoms with Gasteiger partial charge in [0.05, 0.1) is 11.4 Å². The molecule has 0 saturated carbocycles. The molecule has 3 aliphatic heterocycles. The van der Waals surface area contributed by atoms with Crippen molar-refractivity contribution in [3.05, 3.63) is 46.6 Å². The van der Waals surface area contributed by atoms with Gasteiger partial charge in [-0.1, -0.05) is 15.9 Å². The van der Waals surface area contributed by atoms with Crippen molar-refractivity contribution in [1.82, 2.24) is 14.8 Å². The van der Waals surface area contributed by atoms with Gasteiger partial charge in [-0.15, -0.1) is 0 Å². The van der Waals surface area contributed by atoms with E-state index in [2.05, 4.69) is 36.4 Å². The molecule has 4 N–H and O–H groups in total. The SMILES string of the molecule is Nc1cc(CN2CCC(C(=O)N3CCC(Nc4ccc(Br)cc4NC(=O)C4CCCO4)CC3)CC2)ccn1. The number of halogens is 1. The molecule has 1 aromatic heterocycles. The quantitative estimate of drug-likeness (QED) is 0.453. The Kier molecular flexibility index (Phi) is 8.81. The third kappa shape index (κ3) is 6.84. The van der Waals surface area contributed by atoms with Crippen LogP contribution in [0.25, 0.3) is 0 Å². The first-order valence-corrected chi connectivity index (χ1v) is 14.4. The van der Waals surface area contributed by atoms with E-state index < -0.39 is 0 Å². The minimum atomic E-state index is -0.377. The fourth-order valence-corrected chi connectivity index (χ4v) is 6.02. The van der Waals surface area contributed by atoms with E-state index in [0.717, 1.165) is 92.7 Å². The Balaban J connectivity index is 1.09. The number of nitrogens with two attached hydrogens (primary N) is 1. The van der Waals surface area contributed by atoms with Gasteiger partial charge in [0.15, 0.2) is 0 Å². The number of hydrogen-bond donors (Lipinski definition) is 3. The van der Waals surface area contributed by atoms with E-state index >= 15 is 0 Å². The summed E-state index contributed by atoms with van der Waals surface area (Å²) in [4.78, 5) is 34.4. The van der Waals surface area contributed by atoms with Crippen LogP contribution in [0.4, 0.5) is 17.2 Å². The summed E-state index contributed by atoms with van der Waals surface area (Å²) in [6.07, 6.45) is 6.59. The number of benzene rings is 1. The molecular formula is C28H37BrN6O3. The lowest BCUT2D eigenvalue weighted by molar-refractivity contribution is -0.138. The normalized spacial score (nSPS) is 21.4. The summed E-state index contributed by atoms with van der Waals surface area (Å²) in [5.74, 6) is 0.846. The smallest absolute Gasteiger partial charge is 0.253 e. The molecule has 4 heterocycles. The Morgan fingerprint density at radius 3 is 2.53 bits per heavy atom. The molecule has 0 bridgehead atoms. The zero-order valence-corrected chi connectivity index (χ0v) is 23.3. The molecule has 0 spiro atoms. The topological polar surface area (TPSA) is 113 Å². The van der Waals surface area contributed by atoms with E-state index in [1.165, 1.54) is 0 Å². The highest BCUT2D eigenvalue weighted by molar-refractivity contribution is 9.10. The Hall–Kier alpha value is -2.69. The van der Waals surface area contributed by atoms with Crippen LogP contribution in [0.15, 0.2) is 41.0 Å². The van der Waals surface area contributed by atoms with E-state index in [1.54, 1.807) is 6.20 Å². The molecule has 2 amide bonds. The van der Waals surface area contributed by atoms with Gasteiger partial charge >= 0.3 is 0 Å². The summed E-state index contributed by atoms with van der Waals surface area (Å²) in [5.41, 5.74) is 8.62. The van der Waals surface area contributed by atoms with Gasteiger partial charge in [-0.3, -0.25) is 14.5 Å². The fraction of sp³-hybridized carbons (Fsp3) is 0.536. The van der Waals surface area contributed by atoms with E-state index in [4.69, 9.17) is 10.5 Å². The maximum atomic E-state index is 13.3. The number of nitrogens with zero attached hydrogens (tertiary/aromatic N) is 3. The molecule has 3 saturated heterocycles. The first-order valence-electron chi connectivity index (χ1n) is 13.6. The standard InChI is InChI=1S/C28H37BrN6O3/c29-21-3-4-23(24(17-21)33-27(36)25-2-1-15-38-25)32-22-8-13-35(14-9-22)28(37)20-6-11-34(12-7-20)18-19-5-10-31-26(30)16-19/h3-5,10,16-17,20,22,25,32H,1-2,6-9,11-15,18H2,(H2,30,31)(H,33,36). The van der Waals surface area contributed by atoms with Gasteiger partial charge in [-0.25, -0.2) is 4.98 Å². The molecule has 1 atom stereocenters. The highest BCUT2D eigenvalue weighted by atomic mass is 79.9. The number of piperidine rings is 2. The predicted octanol–water partition coefficient (Wildman–Crippen LogP) is 3.86. The fourth-order valence-electron chi connectivity index (χ4n) is 5.65. The van der Waals surface area contributed by atoms with E-state index in [1.807, 2.05) is 35.2 Å². The molecule has 2 aromatic rings. The second-order valence-corrected chi connectivity index (χ2v) is 11.5. The summed E-state index contributed by atoms with van der Waals surface area (Å²) in [7, 11) is 0. The summed E-state index contributed by atoms with van der Waals surface area (Å²) < 4.78 is 6.44. The number of hydrogen-bond acceptors (Lipinski definition) is 7. The number of pyridine rings is 1. The van der Waals surface area contributed by atoms with Crippen LogP contribution in [0.3, 0.4) is 0 Å². The minimum Gasteiger partial charge on any atom is -0.384 e. The first kappa shape index (κ1) is 26.9. The number of rotatable bonds is 7. The first-order chi connectivity index (χ1) is 18.4. The minimum absolute atomic E-state index is 0.0972. The summed E-state index contributed by atoms with van der Waals surface area (Å²) >= 11 is 3.51. The molecule has 10 heteroatoms. The Labute approximate surface area is 232 Å². The number of likely N-dealkylation sites (tertiary alicyclic amines) is 2. The summed E-state index contributed by atoms with van der Waals surface area (Å²) in [6.45, 7) is 4.82. The molecule has 204 valence electrons. The van der Waals surface area contributed by atoms with Crippen LogP contribution in [0.1, 0.15) is 44.1 Å². The van der Waals surface area contributed by atoms with Crippen molar-refractivity contribution in [3.8, 4) is 0 Å². The van der Waals surface area contributed by atoms with E-state index in [-0.39, 0.29) is 24.0 Å². The van der Waals surface area contributed by atoms with Gasteiger partial charge in [-0.2, -0.15) is 0 Å². The molecule has 0 aliphatic carbocycles. The molecule has 3 aliphatic rings. The van der Waals surface area contributed by atoms with Crippen molar-refractivity contribution in [2.45, 2.75) is 57.2 Å². The number of carbonyl (C=O) groups is 2. The zero-order chi connectivity index (χ0) is 26.5. The van der Waals surface area contributed by atoms with Gasteiger partial charge in [0.25, 0.3) is 5.91 Å². The average Bonchev–Trinajstić information content (AvgIpc) is 3.46. The van der Waals surface area contributed by atoms with Gasteiger partial charge in [0.2, 0.25) is 5.91 Å². The lowest BCUT2D eigenvalue weighted by atomic mass is 9.93. The summed E-state index contributed by atoms with van der Waals surface area (Å²) in [6, 6.07) is 10.0. The predicted molar refractivity (Wildman–Crippen MR) is 152 cm³/mol. The van der Waals surface area contributed by atoms with Gasteiger partial charge in [-0.05, 0) is 87.5 Å². The van der Waals surface area contributed by atoms with Crippen molar-refractivity contribution in [3.63, 3.8) is 0 Å². The highest BCUT2D eigenvalue weighted by Crippen LogP contribution is 2.30. The molecule has 3 fully saturated rings. The number of nitrogens with one attached hydrogen (secondary N) is 2. The second kappa shape index (κ2) is 12.4. The maximum absolute atomic E-state index is 13.3. The monoisotopic (exact) mass is 584 g/mol. The Morgan fingerprint density at radius 2 is 1.82 bits per heavy atom. The number of anilines is 3. The van der Waals surface area contributed by atoms with Crippen LogP contribution in [0, 0.1) is 5.92 Å². The number of aromatic nitrogens is 1. The number of amides is 2. The third-order valence-electron chi connectivity index (χ3n) is 7.82. The summed E-state index contributed by atoms with van der Waals surface area (Å²) in [5, 5.41) is 6.65. The average molecular weight is 586 g/mol. The molecule has 38 heavy (non-hydrogen) atoms. The maximum Gasteiger partial charge on any atom is 0.253 e. The van der Waals surface area contributed by atoms with Crippen molar-refractivity contribution in [2.75, 3.05) is 49.2 Å². The Morgan fingerprint density at radius 1 is 1.03 bits per heavy atom. The molecular weight excluding hydrogens is 548 g/mol. The van der Waals surface area contributed by atoms with Gasteiger partial charge in [0, 0.05) is 48.9 Å². The zero-order valence-electron chi connectivity index (χ0n) is 21.7. The molecule has 0 radical (unpaired) electrons. The molecule has 1 unspecified atom stereocenters. The second-order valence-electron chi connectivity index (χ2n) is 10.6. The van der Waals surface area contributed by atoms with Crippen LogP contribution in [0.5, 0.6) is 0 Å². The van der Waals surface area contributed by atoms with Crippen LogP contribution >= 0.6 is 15.9 Å². The van der Waals surface area contributed by atoms with Crippen molar-refractivity contribution in [1.29, 1.82) is 0 Å². The molecule has 1 aromatic carbocycles. The Bertz CT molecular complexity index is 1130. The third-order valence-corrected chi connectivity index (χ3v) is 8.31. The van der Waals surface area contributed by atoms with E-state index in [0.29, 0.717) is 18.3 Å². The van der Waals surface area contributed by atoms with Crippen LogP contribution in [-0.2, 0) is 20.9 Å². The van der Waals surface area contributed by atoms with E-state index in [9.17, 15) is 9.59 Å². The largest absolute Gasteiger partial charge is 0.384 e.